The van der Waals surface area contributed by atoms with Crippen LogP contribution in [0.4, 0.5) is 11.5 Å². The molecule has 0 aliphatic rings. The summed E-state index contributed by atoms with van der Waals surface area (Å²) < 4.78 is 0. The minimum atomic E-state index is 0.688. The second-order valence-electron chi connectivity index (χ2n) is 6.15. The molecule has 0 atom stereocenters. The van der Waals surface area contributed by atoms with E-state index in [2.05, 4.69) is 42.3 Å². The molecule has 1 N–H and O–H groups in total. The van der Waals surface area contributed by atoms with Gasteiger partial charge in [-0.05, 0) is 61.4 Å². The van der Waals surface area contributed by atoms with E-state index in [0.717, 1.165) is 28.0 Å². The Kier molecular flexibility index (Phi) is 3.86. The molecule has 0 saturated heterocycles. The van der Waals surface area contributed by atoms with Gasteiger partial charge in [0.25, 0.3) is 0 Å². The van der Waals surface area contributed by atoms with Gasteiger partial charge in [-0.2, -0.15) is 0 Å². The van der Waals surface area contributed by atoms with Gasteiger partial charge < -0.3 is 5.32 Å². The molecule has 4 nitrogen and oxygen atoms in total. The van der Waals surface area contributed by atoms with Crippen molar-refractivity contribution in [1.82, 2.24) is 15.0 Å². The second kappa shape index (κ2) is 6.32. The van der Waals surface area contributed by atoms with Crippen LogP contribution in [-0.2, 0) is 0 Å². The van der Waals surface area contributed by atoms with E-state index in [1.165, 1.54) is 11.1 Å². The van der Waals surface area contributed by atoms with Crippen molar-refractivity contribution < 1.29 is 0 Å². The third kappa shape index (κ3) is 3.19. The van der Waals surface area contributed by atoms with E-state index in [9.17, 15) is 0 Å². The Hall–Kier alpha value is -3.27. The lowest BCUT2D eigenvalue weighted by atomic mass is 10.1. The number of nitrogens with zero attached hydrogens (tertiary/aromatic N) is 3. The van der Waals surface area contributed by atoms with Crippen LogP contribution in [0.2, 0.25) is 0 Å². The number of benzene rings is 2. The van der Waals surface area contributed by atoms with E-state index >= 15 is 0 Å². The number of aromatic nitrogens is 3. The molecule has 2 aromatic carbocycles. The molecule has 4 aromatic rings. The molecule has 2 heterocycles. The lowest BCUT2D eigenvalue weighted by Crippen LogP contribution is -2.00. The Morgan fingerprint density at radius 1 is 0.800 bits per heavy atom. The maximum absolute atomic E-state index is 4.78. The quantitative estimate of drug-likeness (QED) is 0.572. The fourth-order valence-electron chi connectivity index (χ4n) is 2.99. The minimum absolute atomic E-state index is 0.688. The molecule has 0 radical (unpaired) electrons. The first kappa shape index (κ1) is 15.3. The Labute approximate surface area is 146 Å². The van der Waals surface area contributed by atoms with Gasteiger partial charge in [-0.3, -0.25) is 4.98 Å². The normalized spacial score (nSPS) is 10.8. The van der Waals surface area contributed by atoms with E-state index in [1.54, 1.807) is 12.4 Å². The van der Waals surface area contributed by atoms with Gasteiger partial charge in [-0.25, -0.2) is 9.97 Å². The summed E-state index contributed by atoms with van der Waals surface area (Å²) in [6.07, 6.45) is 3.51. The Morgan fingerprint density at radius 3 is 2.28 bits per heavy atom. The molecular weight excluding hydrogens is 308 g/mol. The smallest absolute Gasteiger partial charge is 0.162 e. The van der Waals surface area contributed by atoms with Crippen LogP contribution >= 0.6 is 0 Å². The van der Waals surface area contributed by atoms with E-state index < -0.39 is 0 Å². The van der Waals surface area contributed by atoms with Crippen LogP contribution < -0.4 is 5.32 Å². The molecule has 25 heavy (non-hydrogen) atoms. The highest BCUT2D eigenvalue weighted by Crippen LogP contribution is 2.27. The van der Waals surface area contributed by atoms with Gasteiger partial charge in [-0.15, -0.1) is 0 Å². The molecule has 4 rings (SSSR count). The van der Waals surface area contributed by atoms with Gasteiger partial charge in [0.1, 0.15) is 5.82 Å². The summed E-state index contributed by atoms with van der Waals surface area (Å²) >= 11 is 0. The van der Waals surface area contributed by atoms with Crippen LogP contribution in [0.5, 0.6) is 0 Å². The predicted octanol–water partition coefficient (Wildman–Crippen LogP) is 5.05. The summed E-state index contributed by atoms with van der Waals surface area (Å²) in [6.45, 7) is 4.19. The van der Waals surface area contributed by atoms with Crippen molar-refractivity contribution in [2.45, 2.75) is 13.8 Å². The summed E-state index contributed by atoms with van der Waals surface area (Å²) in [5.41, 5.74) is 5.33. The zero-order valence-electron chi connectivity index (χ0n) is 14.2. The highest BCUT2D eigenvalue weighted by Gasteiger charge is 2.10. The van der Waals surface area contributed by atoms with Gasteiger partial charge in [0.15, 0.2) is 5.82 Å². The van der Waals surface area contributed by atoms with Crippen molar-refractivity contribution in [3.05, 3.63) is 78.1 Å². The maximum atomic E-state index is 4.78. The molecule has 2 aromatic heterocycles. The number of hydrogen-bond donors (Lipinski definition) is 1. The Bertz CT molecular complexity index is 1020. The molecule has 0 amide bonds. The van der Waals surface area contributed by atoms with Crippen LogP contribution in [0.25, 0.3) is 22.3 Å². The Morgan fingerprint density at radius 2 is 1.52 bits per heavy atom. The summed E-state index contributed by atoms with van der Waals surface area (Å²) in [5.74, 6) is 1.50. The molecule has 0 bridgehead atoms. The molecule has 0 unspecified atom stereocenters. The number of fused-ring (bicyclic) bond motifs is 1. The third-order valence-electron chi connectivity index (χ3n) is 4.03. The van der Waals surface area contributed by atoms with Crippen molar-refractivity contribution in [3.63, 3.8) is 0 Å². The summed E-state index contributed by atoms with van der Waals surface area (Å²) in [7, 11) is 0. The van der Waals surface area contributed by atoms with Crippen molar-refractivity contribution in [3.8, 4) is 11.4 Å². The lowest BCUT2D eigenvalue weighted by molar-refractivity contribution is 1.21. The first-order valence-electron chi connectivity index (χ1n) is 8.21. The van der Waals surface area contributed by atoms with Crippen LogP contribution in [0.3, 0.4) is 0 Å². The monoisotopic (exact) mass is 326 g/mol. The van der Waals surface area contributed by atoms with Gasteiger partial charge in [0.2, 0.25) is 0 Å². The minimum Gasteiger partial charge on any atom is -0.340 e. The molecule has 0 fully saturated rings. The van der Waals surface area contributed by atoms with Gasteiger partial charge in [0, 0.05) is 29.0 Å². The van der Waals surface area contributed by atoms with Crippen molar-refractivity contribution in [2.24, 2.45) is 0 Å². The highest BCUT2D eigenvalue weighted by molar-refractivity contribution is 5.92. The van der Waals surface area contributed by atoms with E-state index in [1.807, 2.05) is 36.4 Å². The number of rotatable bonds is 3. The topological polar surface area (TPSA) is 50.7 Å². The van der Waals surface area contributed by atoms with E-state index in [-0.39, 0.29) is 0 Å². The van der Waals surface area contributed by atoms with Gasteiger partial charge in [0.05, 0.1) is 5.52 Å². The van der Waals surface area contributed by atoms with Crippen LogP contribution in [-0.4, -0.2) is 15.0 Å². The number of aryl methyl sites for hydroxylation is 2. The molecule has 122 valence electrons. The number of pyridine rings is 1. The van der Waals surface area contributed by atoms with Gasteiger partial charge >= 0.3 is 0 Å². The largest absolute Gasteiger partial charge is 0.340 e. The van der Waals surface area contributed by atoms with E-state index in [4.69, 9.17) is 9.97 Å². The lowest BCUT2D eigenvalue weighted by Gasteiger charge is -2.12. The standard InChI is InChI=1S/C21H18N4/c1-14-11-15(2)13-17(12-14)23-21-18-5-3-4-6-19(18)24-20(25-21)16-7-9-22-10-8-16/h3-13H,1-2H3,(H,23,24,25). The zero-order chi connectivity index (χ0) is 17.2. The molecule has 0 spiro atoms. The third-order valence-corrected chi connectivity index (χ3v) is 4.03. The fourth-order valence-corrected chi connectivity index (χ4v) is 2.99. The summed E-state index contributed by atoms with van der Waals surface area (Å²) in [4.78, 5) is 13.6. The first-order valence-corrected chi connectivity index (χ1v) is 8.21. The number of hydrogen-bond acceptors (Lipinski definition) is 4. The first-order chi connectivity index (χ1) is 12.2. The van der Waals surface area contributed by atoms with Crippen molar-refractivity contribution >= 4 is 22.4 Å². The molecule has 0 saturated carbocycles. The van der Waals surface area contributed by atoms with Crippen LogP contribution in [0.1, 0.15) is 11.1 Å². The molecular formula is C21H18N4. The number of anilines is 2. The molecule has 0 aliphatic heterocycles. The number of nitrogens with one attached hydrogen (secondary N) is 1. The van der Waals surface area contributed by atoms with Crippen molar-refractivity contribution in [1.29, 1.82) is 0 Å². The fraction of sp³-hybridized carbons (Fsp3) is 0.0952. The highest BCUT2D eigenvalue weighted by atomic mass is 15.0. The van der Waals surface area contributed by atoms with Crippen LogP contribution in [0.15, 0.2) is 67.0 Å². The second-order valence-corrected chi connectivity index (χ2v) is 6.15. The molecule has 4 heteroatoms. The SMILES string of the molecule is Cc1cc(C)cc(Nc2nc(-c3ccncc3)nc3ccccc23)c1. The summed E-state index contributed by atoms with van der Waals surface area (Å²) in [5, 5.41) is 4.47. The van der Waals surface area contributed by atoms with Gasteiger partial charge in [-0.1, -0.05) is 18.2 Å². The van der Waals surface area contributed by atoms with Crippen molar-refractivity contribution in [2.75, 3.05) is 5.32 Å². The zero-order valence-corrected chi connectivity index (χ0v) is 14.2. The predicted molar refractivity (Wildman–Crippen MR) is 102 cm³/mol. The number of para-hydroxylation sites is 1. The van der Waals surface area contributed by atoms with E-state index in [0.29, 0.717) is 5.82 Å². The maximum Gasteiger partial charge on any atom is 0.162 e. The molecule has 0 aliphatic carbocycles. The van der Waals surface area contributed by atoms with Crippen LogP contribution in [0, 0.1) is 13.8 Å². The Balaban J connectivity index is 1.86. The summed E-state index contributed by atoms with van der Waals surface area (Å²) in [6, 6.07) is 18.3. The average Bonchev–Trinajstić information content (AvgIpc) is 2.61. The average molecular weight is 326 g/mol.